The van der Waals surface area contributed by atoms with Gasteiger partial charge in [-0.25, -0.2) is 0 Å². The van der Waals surface area contributed by atoms with Gasteiger partial charge in [-0.2, -0.15) is 0 Å². The number of piperidine rings is 1. The predicted molar refractivity (Wildman–Crippen MR) is 117 cm³/mol. The number of anilines is 4. The average molecular weight is 396 g/mol. The van der Waals surface area contributed by atoms with Gasteiger partial charge in [0.25, 0.3) is 0 Å². The number of hydrogen-bond acceptors (Lipinski definition) is 5. The highest BCUT2D eigenvalue weighted by atomic mass is 16.5. The molecule has 2 aromatic rings. The number of rotatable bonds is 7. The molecule has 1 aliphatic rings. The maximum atomic E-state index is 12.5. The number of nitrogens with one attached hydrogen (secondary N) is 3. The van der Waals surface area contributed by atoms with Gasteiger partial charge < -0.3 is 25.6 Å². The van der Waals surface area contributed by atoms with Crippen molar-refractivity contribution in [2.24, 2.45) is 0 Å². The molecule has 0 aromatic heterocycles. The second-order valence-corrected chi connectivity index (χ2v) is 7.06. The van der Waals surface area contributed by atoms with Crippen molar-refractivity contribution in [3.63, 3.8) is 0 Å². The van der Waals surface area contributed by atoms with E-state index in [9.17, 15) is 9.59 Å². The van der Waals surface area contributed by atoms with Gasteiger partial charge in [-0.05, 0) is 49.6 Å². The number of methoxy groups -OCH3 is 1. The SMILES string of the molecule is COc1ccc(NC(C)=O)cc1NC(=O)CNc1ccccc1N1CCCCC1. The van der Waals surface area contributed by atoms with Crippen LogP contribution >= 0.6 is 0 Å². The van der Waals surface area contributed by atoms with Gasteiger partial charge in [-0.3, -0.25) is 9.59 Å². The summed E-state index contributed by atoms with van der Waals surface area (Å²) in [7, 11) is 1.54. The molecule has 1 saturated heterocycles. The fourth-order valence-corrected chi connectivity index (χ4v) is 3.49. The number of carbonyl (C=O) groups excluding carboxylic acids is 2. The highest BCUT2D eigenvalue weighted by molar-refractivity contribution is 5.97. The van der Waals surface area contributed by atoms with Gasteiger partial charge in [0.15, 0.2) is 0 Å². The van der Waals surface area contributed by atoms with Gasteiger partial charge in [0.2, 0.25) is 11.8 Å². The fourth-order valence-electron chi connectivity index (χ4n) is 3.49. The zero-order chi connectivity index (χ0) is 20.6. The molecule has 7 nitrogen and oxygen atoms in total. The van der Waals surface area contributed by atoms with E-state index in [2.05, 4.69) is 26.9 Å². The van der Waals surface area contributed by atoms with Crippen molar-refractivity contribution in [2.75, 3.05) is 47.6 Å². The molecule has 3 rings (SSSR count). The summed E-state index contributed by atoms with van der Waals surface area (Å²) in [6.07, 6.45) is 3.66. The first-order valence-electron chi connectivity index (χ1n) is 9.90. The van der Waals surface area contributed by atoms with E-state index in [4.69, 9.17) is 4.74 Å². The third-order valence-electron chi connectivity index (χ3n) is 4.83. The third kappa shape index (κ3) is 5.63. The Morgan fingerprint density at radius 1 is 1.00 bits per heavy atom. The third-order valence-corrected chi connectivity index (χ3v) is 4.83. The zero-order valence-corrected chi connectivity index (χ0v) is 17.0. The molecule has 1 heterocycles. The Kier molecular flexibility index (Phi) is 6.94. The molecule has 2 amide bonds. The van der Waals surface area contributed by atoms with Crippen LogP contribution in [0.15, 0.2) is 42.5 Å². The molecule has 0 aliphatic carbocycles. The van der Waals surface area contributed by atoms with E-state index in [1.54, 1.807) is 18.2 Å². The van der Waals surface area contributed by atoms with Gasteiger partial charge in [0.05, 0.1) is 30.7 Å². The van der Waals surface area contributed by atoms with Crippen LogP contribution in [0, 0.1) is 0 Å². The minimum absolute atomic E-state index is 0.123. The number of hydrogen-bond donors (Lipinski definition) is 3. The van der Waals surface area contributed by atoms with Crippen LogP contribution in [0.2, 0.25) is 0 Å². The number of para-hydroxylation sites is 2. The van der Waals surface area contributed by atoms with Crippen LogP contribution in [0.25, 0.3) is 0 Å². The molecule has 0 saturated carbocycles. The lowest BCUT2D eigenvalue weighted by Gasteiger charge is -2.30. The lowest BCUT2D eigenvalue weighted by atomic mass is 10.1. The second kappa shape index (κ2) is 9.82. The normalized spacial score (nSPS) is 13.5. The van der Waals surface area contributed by atoms with Crippen molar-refractivity contribution in [1.29, 1.82) is 0 Å². The molecule has 2 aromatic carbocycles. The first-order valence-corrected chi connectivity index (χ1v) is 9.90. The van der Waals surface area contributed by atoms with E-state index in [1.165, 1.54) is 33.3 Å². The molecule has 0 unspecified atom stereocenters. The summed E-state index contributed by atoms with van der Waals surface area (Å²) in [4.78, 5) is 26.2. The van der Waals surface area contributed by atoms with Crippen LogP contribution in [0.5, 0.6) is 5.75 Å². The highest BCUT2D eigenvalue weighted by Gasteiger charge is 2.15. The van der Waals surface area contributed by atoms with Crippen molar-refractivity contribution in [3.8, 4) is 5.75 Å². The van der Waals surface area contributed by atoms with Crippen molar-refractivity contribution in [3.05, 3.63) is 42.5 Å². The van der Waals surface area contributed by atoms with Gasteiger partial charge >= 0.3 is 0 Å². The Hall–Kier alpha value is -3.22. The summed E-state index contributed by atoms with van der Waals surface area (Å²) in [5, 5.41) is 8.81. The van der Waals surface area contributed by atoms with Crippen molar-refractivity contribution < 1.29 is 14.3 Å². The quantitative estimate of drug-likeness (QED) is 0.665. The number of amides is 2. The maximum Gasteiger partial charge on any atom is 0.243 e. The number of benzene rings is 2. The van der Waals surface area contributed by atoms with Crippen LogP contribution in [0.3, 0.4) is 0 Å². The van der Waals surface area contributed by atoms with Gasteiger partial charge in [0.1, 0.15) is 5.75 Å². The molecule has 29 heavy (non-hydrogen) atoms. The summed E-state index contributed by atoms with van der Waals surface area (Å²) < 4.78 is 5.31. The Morgan fingerprint density at radius 3 is 2.48 bits per heavy atom. The van der Waals surface area contributed by atoms with E-state index < -0.39 is 0 Å². The van der Waals surface area contributed by atoms with Crippen molar-refractivity contribution in [2.45, 2.75) is 26.2 Å². The molecule has 0 atom stereocenters. The summed E-state index contributed by atoms with van der Waals surface area (Å²) in [5.74, 6) is 0.154. The summed E-state index contributed by atoms with van der Waals surface area (Å²) in [6, 6.07) is 13.2. The standard InChI is InChI=1S/C22H28N4O3/c1-16(27)24-17-10-11-21(29-2)19(14-17)25-22(28)15-23-18-8-4-5-9-20(18)26-12-6-3-7-13-26/h4-5,8-11,14,23H,3,6-7,12-13,15H2,1-2H3,(H,24,27)(H,25,28). The van der Waals surface area contributed by atoms with Crippen molar-refractivity contribution >= 4 is 34.6 Å². The molecule has 154 valence electrons. The first-order chi connectivity index (χ1) is 14.1. The minimum Gasteiger partial charge on any atom is -0.495 e. The molecule has 1 fully saturated rings. The zero-order valence-electron chi connectivity index (χ0n) is 17.0. The summed E-state index contributed by atoms with van der Waals surface area (Å²) >= 11 is 0. The monoisotopic (exact) mass is 396 g/mol. The van der Waals surface area contributed by atoms with E-state index in [0.717, 1.165) is 24.5 Å². The largest absolute Gasteiger partial charge is 0.495 e. The Labute approximate surface area is 171 Å². The average Bonchev–Trinajstić information content (AvgIpc) is 2.73. The van der Waals surface area contributed by atoms with Crippen molar-refractivity contribution in [1.82, 2.24) is 0 Å². The predicted octanol–water partition coefficient (Wildman–Crippen LogP) is 3.69. The van der Waals surface area contributed by atoms with E-state index in [-0.39, 0.29) is 18.4 Å². The Bertz CT molecular complexity index is 863. The van der Waals surface area contributed by atoms with Gasteiger partial charge in [-0.15, -0.1) is 0 Å². The molecular weight excluding hydrogens is 368 g/mol. The Morgan fingerprint density at radius 2 is 1.76 bits per heavy atom. The maximum absolute atomic E-state index is 12.5. The molecule has 7 heteroatoms. The van der Waals surface area contributed by atoms with E-state index >= 15 is 0 Å². The minimum atomic E-state index is -0.197. The van der Waals surface area contributed by atoms with Crippen LogP contribution in [-0.4, -0.2) is 38.6 Å². The fraction of sp³-hybridized carbons (Fsp3) is 0.364. The van der Waals surface area contributed by atoms with Crippen LogP contribution < -0.4 is 25.6 Å². The van der Waals surface area contributed by atoms with Crippen LogP contribution in [-0.2, 0) is 9.59 Å². The smallest absolute Gasteiger partial charge is 0.243 e. The lowest BCUT2D eigenvalue weighted by molar-refractivity contribution is -0.115. The number of ether oxygens (including phenoxy) is 1. The number of nitrogens with zero attached hydrogens (tertiary/aromatic N) is 1. The highest BCUT2D eigenvalue weighted by Crippen LogP contribution is 2.29. The molecule has 0 spiro atoms. The summed E-state index contributed by atoms with van der Waals surface area (Å²) in [5.41, 5.74) is 3.18. The molecular formula is C22H28N4O3. The van der Waals surface area contributed by atoms with Gasteiger partial charge in [0, 0.05) is 25.7 Å². The van der Waals surface area contributed by atoms with E-state index in [0.29, 0.717) is 17.1 Å². The lowest BCUT2D eigenvalue weighted by Crippen LogP contribution is -2.30. The van der Waals surface area contributed by atoms with Crippen LogP contribution in [0.4, 0.5) is 22.7 Å². The molecule has 0 bridgehead atoms. The van der Waals surface area contributed by atoms with Crippen LogP contribution in [0.1, 0.15) is 26.2 Å². The Balaban J connectivity index is 1.65. The van der Waals surface area contributed by atoms with Gasteiger partial charge in [-0.1, -0.05) is 12.1 Å². The van der Waals surface area contributed by atoms with E-state index in [1.807, 2.05) is 18.2 Å². The molecule has 1 aliphatic heterocycles. The topological polar surface area (TPSA) is 82.7 Å². The summed E-state index contributed by atoms with van der Waals surface area (Å²) in [6.45, 7) is 3.64. The molecule has 0 radical (unpaired) electrons. The second-order valence-electron chi connectivity index (χ2n) is 7.06. The molecule has 3 N–H and O–H groups in total. The first kappa shape index (κ1) is 20.5. The number of carbonyl (C=O) groups is 2.